The van der Waals surface area contributed by atoms with E-state index in [9.17, 15) is 4.79 Å². The first kappa shape index (κ1) is 15.5. The van der Waals surface area contributed by atoms with Gasteiger partial charge < -0.3 is 10.2 Å². The number of thiophene rings is 1. The standard InChI is InChI=1S/C19H19N3OS2/c23-19(20-15-11-22-7-5-12(15)6-8-22)18-14-4-3-13(10-17(14)25-21-18)16-2-1-9-24-16/h1-4,9-10,12,15H,5-8,11H2,(H,20,23)/t15-/m0/s1. The lowest BCUT2D eigenvalue weighted by molar-refractivity contribution is 0.0619. The minimum Gasteiger partial charge on any atom is -0.346 e. The molecule has 0 unspecified atom stereocenters. The molecule has 3 aliphatic heterocycles. The third kappa shape index (κ3) is 2.78. The Morgan fingerprint density at radius 2 is 2.12 bits per heavy atom. The summed E-state index contributed by atoms with van der Waals surface area (Å²) in [4.78, 5) is 16.5. The van der Waals surface area contributed by atoms with Crippen molar-refractivity contribution in [2.75, 3.05) is 19.6 Å². The van der Waals surface area contributed by atoms with Crippen LogP contribution in [0, 0.1) is 5.92 Å². The van der Waals surface area contributed by atoms with Gasteiger partial charge in [-0.05, 0) is 66.5 Å². The maximum Gasteiger partial charge on any atom is 0.271 e. The van der Waals surface area contributed by atoms with Crippen molar-refractivity contribution >= 4 is 38.9 Å². The molecule has 25 heavy (non-hydrogen) atoms. The van der Waals surface area contributed by atoms with E-state index in [0.717, 1.165) is 16.6 Å². The molecule has 3 aromatic rings. The Labute approximate surface area is 154 Å². The highest BCUT2D eigenvalue weighted by Crippen LogP contribution is 2.32. The second kappa shape index (κ2) is 6.20. The van der Waals surface area contributed by atoms with Crippen LogP contribution in [-0.2, 0) is 0 Å². The predicted molar refractivity (Wildman–Crippen MR) is 103 cm³/mol. The molecule has 1 N–H and O–H groups in total. The van der Waals surface area contributed by atoms with Crippen molar-refractivity contribution in [1.29, 1.82) is 0 Å². The third-order valence-corrected chi connectivity index (χ3v) is 7.19. The van der Waals surface area contributed by atoms with Gasteiger partial charge in [0.15, 0.2) is 0 Å². The van der Waals surface area contributed by atoms with Crippen molar-refractivity contribution in [1.82, 2.24) is 14.6 Å². The molecule has 1 amide bonds. The molecule has 3 aliphatic rings. The van der Waals surface area contributed by atoms with E-state index in [1.165, 1.54) is 47.9 Å². The molecule has 0 radical (unpaired) electrons. The fraction of sp³-hybridized carbons (Fsp3) is 0.368. The fourth-order valence-corrected chi connectivity index (χ4v) is 5.60. The Morgan fingerprint density at radius 3 is 2.84 bits per heavy atom. The summed E-state index contributed by atoms with van der Waals surface area (Å²) in [6.45, 7) is 3.35. The van der Waals surface area contributed by atoms with Gasteiger partial charge in [0.1, 0.15) is 5.69 Å². The highest BCUT2D eigenvalue weighted by molar-refractivity contribution is 7.14. The van der Waals surface area contributed by atoms with Crippen LogP contribution in [0.25, 0.3) is 20.5 Å². The minimum absolute atomic E-state index is 0.0196. The first-order valence-corrected chi connectivity index (χ1v) is 10.4. The van der Waals surface area contributed by atoms with Crippen LogP contribution in [-0.4, -0.2) is 40.9 Å². The Bertz CT molecular complexity index is 910. The lowest BCUT2D eigenvalue weighted by Gasteiger charge is -2.44. The SMILES string of the molecule is O=C(N[C@H]1CN2CCC1CC2)c1nsc2cc(-c3cccs3)ccc12. The molecule has 6 heteroatoms. The van der Waals surface area contributed by atoms with Gasteiger partial charge >= 0.3 is 0 Å². The van der Waals surface area contributed by atoms with Crippen molar-refractivity contribution in [2.24, 2.45) is 5.92 Å². The fourth-order valence-electron chi connectivity index (χ4n) is 4.06. The zero-order valence-corrected chi connectivity index (χ0v) is 15.4. The van der Waals surface area contributed by atoms with E-state index in [4.69, 9.17) is 0 Å². The van der Waals surface area contributed by atoms with Gasteiger partial charge in [0.05, 0.1) is 4.70 Å². The Balaban J connectivity index is 1.40. The molecule has 6 rings (SSSR count). The van der Waals surface area contributed by atoms with Crippen LogP contribution in [0.3, 0.4) is 0 Å². The zero-order chi connectivity index (χ0) is 16.8. The first-order valence-electron chi connectivity index (χ1n) is 8.74. The van der Waals surface area contributed by atoms with Crippen molar-refractivity contribution in [3.63, 3.8) is 0 Å². The molecule has 0 saturated carbocycles. The second-order valence-corrected chi connectivity index (χ2v) is 8.69. The van der Waals surface area contributed by atoms with Gasteiger partial charge in [-0.2, -0.15) is 4.37 Å². The minimum atomic E-state index is -0.0196. The number of carbonyl (C=O) groups is 1. The number of benzene rings is 1. The average Bonchev–Trinajstić information content (AvgIpc) is 3.32. The largest absolute Gasteiger partial charge is 0.346 e. The summed E-state index contributed by atoms with van der Waals surface area (Å²) >= 11 is 3.14. The molecule has 128 valence electrons. The number of nitrogens with zero attached hydrogens (tertiary/aromatic N) is 2. The molecule has 2 bridgehead atoms. The number of fused-ring (bicyclic) bond motifs is 4. The highest BCUT2D eigenvalue weighted by atomic mass is 32.1. The summed E-state index contributed by atoms with van der Waals surface area (Å²) in [6, 6.07) is 10.7. The van der Waals surface area contributed by atoms with Gasteiger partial charge in [-0.25, -0.2) is 0 Å². The first-order chi connectivity index (χ1) is 12.3. The van der Waals surface area contributed by atoms with Crippen LogP contribution in [0.2, 0.25) is 0 Å². The lowest BCUT2D eigenvalue weighted by atomic mass is 9.84. The molecule has 5 heterocycles. The summed E-state index contributed by atoms with van der Waals surface area (Å²) in [5.74, 6) is 0.609. The van der Waals surface area contributed by atoms with Crippen LogP contribution in [0.1, 0.15) is 23.3 Å². The topological polar surface area (TPSA) is 45.2 Å². The van der Waals surface area contributed by atoms with Gasteiger partial charge in [0.25, 0.3) is 5.91 Å². The Morgan fingerprint density at radius 1 is 1.24 bits per heavy atom. The van der Waals surface area contributed by atoms with E-state index < -0.39 is 0 Å². The molecule has 2 aromatic heterocycles. The van der Waals surface area contributed by atoms with E-state index in [1.807, 2.05) is 6.07 Å². The lowest BCUT2D eigenvalue weighted by Crippen LogP contribution is -2.57. The number of rotatable bonds is 3. The van der Waals surface area contributed by atoms with Crippen molar-refractivity contribution < 1.29 is 4.79 Å². The van der Waals surface area contributed by atoms with Crippen LogP contribution >= 0.6 is 22.9 Å². The van der Waals surface area contributed by atoms with E-state index in [0.29, 0.717) is 11.6 Å². The summed E-state index contributed by atoms with van der Waals surface area (Å²) in [7, 11) is 0. The van der Waals surface area contributed by atoms with Crippen LogP contribution in [0.5, 0.6) is 0 Å². The summed E-state index contributed by atoms with van der Waals surface area (Å²) in [6.07, 6.45) is 2.40. The van der Waals surface area contributed by atoms with E-state index in [1.54, 1.807) is 11.3 Å². The molecule has 1 aromatic carbocycles. The van der Waals surface area contributed by atoms with E-state index in [-0.39, 0.29) is 11.9 Å². The molecular formula is C19H19N3OS2. The van der Waals surface area contributed by atoms with E-state index in [2.05, 4.69) is 44.2 Å². The van der Waals surface area contributed by atoms with Gasteiger partial charge in [-0.3, -0.25) is 4.79 Å². The quantitative estimate of drug-likeness (QED) is 0.763. The molecular weight excluding hydrogens is 350 g/mol. The number of aromatic nitrogens is 1. The van der Waals surface area contributed by atoms with Crippen LogP contribution < -0.4 is 5.32 Å². The smallest absolute Gasteiger partial charge is 0.271 e. The number of carbonyl (C=O) groups excluding carboxylic acids is 1. The number of hydrogen-bond acceptors (Lipinski definition) is 5. The van der Waals surface area contributed by atoms with Gasteiger partial charge in [0.2, 0.25) is 0 Å². The monoisotopic (exact) mass is 369 g/mol. The number of piperidine rings is 3. The average molecular weight is 370 g/mol. The second-order valence-electron chi connectivity index (χ2n) is 6.94. The normalized spacial score (nSPS) is 25.4. The van der Waals surface area contributed by atoms with Crippen LogP contribution in [0.4, 0.5) is 0 Å². The number of hydrogen-bond donors (Lipinski definition) is 1. The Hall–Kier alpha value is -1.76. The van der Waals surface area contributed by atoms with Gasteiger partial charge in [-0.15, -0.1) is 11.3 Å². The maximum absolute atomic E-state index is 12.8. The molecule has 0 aliphatic carbocycles. The number of amides is 1. The molecule has 3 fully saturated rings. The van der Waals surface area contributed by atoms with Crippen molar-refractivity contribution in [2.45, 2.75) is 18.9 Å². The highest BCUT2D eigenvalue weighted by Gasteiger charge is 2.35. The molecule has 0 spiro atoms. The molecule has 4 nitrogen and oxygen atoms in total. The van der Waals surface area contributed by atoms with E-state index >= 15 is 0 Å². The zero-order valence-electron chi connectivity index (χ0n) is 13.8. The molecule has 3 saturated heterocycles. The summed E-state index contributed by atoms with van der Waals surface area (Å²) < 4.78 is 5.54. The third-order valence-electron chi connectivity index (χ3n) is 5.47. The van der Waals surface area contributed by atoms with Gasteiger partial charge in [0, 0.05) is 22.8 Å². The van der Waals surface area contributed by atoms with Crippen molar-refractivity contribution in [3.8, 4) is 10.4 Å². The van der Waals surface area contributed by atoms with Crippen LogP contribution in [0.15, 0.2) is 35.7 Å². The maximum atomic E-state index is 12.8. The number of nitrogens with one attached hydrogen (secondary N) is 1. The summed E-state index contributed by atoms with van der Waals surface area (Å²) in [5, 5.41) is 6.30. The molecule has 1 atom stereocenters. The predicted octanol–water partition coefficient (Wildman–Crippen LogP) is 3.85. The van der Waals surface area contributed by atoms with Gasteiger partial charge in [-0.1, -0.05) is 18.2 Å². The Kier molecular flexibility index (Phi) is 3.84. The van der Waals surface area contributed by atoms with Crippen molar-refractivity contribution in [3.05, 3.63) is 41.4 Å². The summed E-state index contributed by atoms with van der Waals surface area (Å²) in [5.41, 5.74) is 1.77.